The number of carbonyl (C=O) groups excluding carboxylic acids is 1. The standard InChI is InChI=1S/C36H38N2O4/c1-25(2)20-27-13-17-33-28(21-27)14-15-29-22-30(16-18-34(29)38(33)24-26-8-4-3-5-9-26)36(41)37-31-10-6-11-32(23-31)42-19-7-12-35(39)40/h3-6,8-11,13,16-18,21-23,25H,7,12,14-15,19-20,24H2,1-2H3,(H,37,41)(H,39,40). The molecule has 1 amide bonds. The molecule has 6 nitrogen and oxygen atoms in total. The Morgan fingerprint density at radius 2 is 1.60 bits per heavy atom. The van der Waals surface area contributed by atoms with Crippen LogP contribution < -0.4 is 15.0 Å². The van der Waals surface area contributed by atoms with Crippen LogP contribution in [0.4, 0.5) is 17.1 Å². The monoisotopic (exact) mass is 562 g/mol. The van der Waals surface area contributed by atoms with Crippen molar-refractivity contribution in [3.8, 4) is 5.75 Å². The first-order chi connectivity index (χ1) is 20.4. The van der Waals surface area contributed by atoms with E-state index in [0.29, 0.717) is 35.9 Å². The molecule has 42 heavy (non-hydrogen) atoms. The van der Waals surface area contributed by atoms with Crippen LogP contribution in [-0.2, 0) is 30.6 Å². The van der Waals surface area contributed by atoms with Crippen molar-refractivity contribution in [1.29, 1.82) is 0 Å². The smallest absolute Gasteiger partial charge is 0.303 e. The van der Waals surface area contributed by atoms with Gasteiger partial charge in [0.25, 0.3) is 5.91 Å². The number of anilines is 3. The molecule has 0 saturated heterocycles. The van der Waals surface area contributed by atoms with Crippen LogP contribution in [0.2, 0.25) is 0 Å². The highest BCUT2D eigenvalue weighted by molar-refractivity contribution is 6.04. The first kappa shape index (κ1) is 28.9. The Labute approximate surface area is 248 Å². The fourth-order valence-electron chi connectivity index (χ4n) is 5.51. The Hall–Kier alpha value is -4.58. The highest BCUT2D eigenvalue weighted by Gasteiger charge is 2.23. The minimum Gasteiger partial charge on any atom is -0.494 e. The molecule has 0 fully saturated rings. The zero-order chi connectivity index (χ0) is 29.5. The van der Waals surface area contributed by atoms with Crippen LogP contribution in [0.15, 0.2) is 91.0 Å². The summed E-state index contributed by atoms with van der Waals surface area (Å²) in [5.74, 6) is 0.155. The molecule has 0 radical (unpaired) electrons. The Morgan fingerprint density at radius 1 is 0.857 bits per heavy atom. The zero-order valence-electron chi connectivity index (χ0n) is 24.3. The predicted octanol–water partition coefficient (Wildman–Crippen LogP) is 7.82. The minimum atomic E-state index is -0.844. The number of ether oxygens (including phenoxy) is 1. The molecule has 216 valence electrons. The van der Waals surface area contributed by atoms with E-state index in [0.717, 1.165) is 37.1 Å². The van der Waals surface area contributed by atoms with Gasteiger partial charge in [-0.25, -0.2) is 0 Å². The molecule has 0 aromatic heterocycles. The topological polar surface area (TPSA) is 78.9 Å². The Morgan fingerprint density at radius 3 is 2.33 bits per heavy atom. The van der Waals surface area contributed by atoms with E-state index in [1.807, 2.05) is 30.3 Å². The molecule has 4 aromatic carbocycles. The quantitative estimate of drug-likeness (QED) is 0.182. The van der Waals surface area contributed by atoms with Gasteiger partial charge >= 0.3 is 5.97 Å². The fourth-order valence-corrected chi connectivity index (χ4v) is 5.51. The zero-order valence-corrected chi connectivity index (χ0v) is 24.3. The number of carboxylic acids is 1. The van der Waals surface area contributed by atoms with Crippen molar-refractivity contribution >= 4 is 28.9 Å². The maximum atomic E-state index is 13.3. The lowest BCUT2D eigenvalue weighted by atomic mass is 9.97. The van der Waals surface area contributed by atoms with Gasteiger partial charge in [-0.15, -0.1) is 0 Å². The summed E-state index contributed by atoms with van der Waals surface area (Å²) in [6, 6.07) is 30.6. The van der Waals surface area contributed by atoms with Crippen molar-refractivity contribution in [2.45, 2.75) is 52.5 Å². The lowest BCUT2D eigenvalue weighted by Crippen LogP contribution is -2.19. The van der Waals surface area contributed by atoms with Gasteiger partial charge in [-0.2, -0.15) is 0 Å². The van der Waals surface area contributed by atoms with Crippen molar-refractivity contribution in [3.05, 3.63) is 119 Å². The average Bonchev–Trinajstić information content (AvgIpc) is 3.12. The largest absolute Gasteiger partial charge is 0.494 e. The minimum absolute atomic E-state index is 0.0573. The number of carboxylic acid groups (broad SMARTS) is 1. The summed E-state index contributed by atoms with van der Waals surface area (Å²) in [6.45, 7) is 5.55. The van der Waals surface area contributed by atoms with E-state index >= 15 is 0 Å². The Kier molecular flexibility index (Phi) is 9.22. The van der Waals surface area contributed by atoms with Gasteiger partial charge in [0.2, 0.25) is 0 Å². The summed E-state index contributed by atoms with van der Waals surface area (Å²) in [6.07, 6.45) is 3.29. The van der Waals surface area contributed by atoms with E-state index in [1.165, 1.54) is 22.4 Å². The van der Waals surface area contributed by atoms with Crippen LogP contribution in [0.5, 0.6) is 5.75 Å². The molecule has 0 aliphatic carbocycles. The van der Waals surface area contributed by atoms with E-state index in [1.54, 1.807) is 12.1 Å². The fraction of sp³-hybridized carbons (Fsp3) is 0.278. The summed E-state index contributed by atoms with van der Waals surface area (Å²) in [7, 11) is 0. The molecule has 1 aliphatic heterocycles. The molecule has 4 aromatic rings. The summed E-state index contributed by atoms with van der Waals surface area (Å²) < 4.78 is 5.67. The second kappa shape index (κ2) is 13.4. The van der Waals surface area contributed by atoms with Crippen molar-refractivity contribution < 1.29 is 19.4 Å². The average molecular weight is 563 g/mol. The van der Waals surface area contributed by atoms with E-state index in [-0.39, 0.29) is 12.3 Å². The van der Waals surface area contributed by atoms with Gasteiger partial charge in [-0.3, -0.25) is 9.59 Å². The van der Waals surface area contributed by atoms with Gasteiger partial charge in [0.1, 0.15) is 5.75 Å². The molecule has 1 aliphatic rings. The number of fused-ring (bicyclic) bond motifs is 2. The summed E-state index contributed by atoms with van der Waals surface area (Å²) in [4.78, 5) is 26.5. The number of aryl methyl sites for hydroxylation is 2. The van der Waals surface area contributed by atoms with Crippen molar-refractivity contribution in [2.24, 2.45) is 5.92 Å². The molecule has 6 heteroatoms. The lowest BCUT2D eigenvalue weighted by molar-refractivity contribution is -0.137. The van der Waals surface area contributed by atoms with Gasteiger partial charge < -0.3 is 20.1 Å². The predicted molar refractivity (Wildman–Crippen MR) is 168 cm³/mol. The van der Waals surface area contributed by atoms with Crippen LogP contribution in [0, 0.1) is 5.92 Å². The molecule has 0 bridgehead atoms. The number of aliphatic carboxylic acids is 1. The first-order valence-corrected chi connectivity index (χ1v) is 14.7. The van der Waals surface area contributed by atoms with E-state index in [4.69, 9.17) is 9.84 Å². The molecular formula is C36H38N2O4. The van der Waals surface area contributed by atoms with Gasteiger partial charge in [0.15, 0.2) is 0 Å². The van der Waals surface area contributed by atoms with E-state index in [9.17, 15) is 9.59 Å². The molecule has 5 rings (SSSR count). The molecule has 0 atom stereocenters. The second-order valence-electron chi connectivity index (χ2n) is 11.3. The van der Waals surface area contributed by atoms with Gasteiger partial charge in [-0.1, -0.05) is 62.4 Å². The molecular weight excluding hydrogens is 524 g/mol. The number of benzene rings is 4. The number of nitrogens with one attached hydrogen (secondary N) is 1. The highest BCUT2D eigenvalue weighted by Crippen LogP contribution is 2.38. The third kappa shape index (κ3) is 7.38. The van der Waals surface area contributed by atoms with Crippen LogP contribution in [0.3, 0.4) is 0 Å². The number of nitrogens with zero attached hydrogens (tertiary/aromatic N) is 1. The summed E-state index contributed by atoms with van der Waals surface area (Å²) in [5.41, 5.74) is 8.67. The van der Waals surface area contributed by atoms with Crippen LogP contribution in [-0.4, -0.2) is 23.6 Å². The van der Waals surface area contributed by atoms with Crippen LogP contribution >= 0.6 is 0 Å². The number of carbonyl (C=O) groups is 2. The highest BCUT2D eigenvalue weighted by atomic mass is 16.5. The normalized spacial score (nSPS) is 12.3. The summed E-state index contributed by atoms with van der Waals surface area (Å²) >= 11 is 0. The SMILES string of the molecule is CC(C)Cc1ccc2c(c1)CCc1cc(C(=O)Nc3cccc(OCCCC(=O)O)c3)ccc1N2Cc1ccccc1. The third-order valence-corrected chi connectivity index (χ3v) is 7.45. The molecule has 2 N–H and O–H groups in total. The maximum Gasteiger partial charge on any atom is 0.303 e. The van der Waals surface area contributed by atoms with Gasteiger partial charge in [0, 0.05) is 41.7 Å². The van der Waals surface area contributed by atoms with E-state index < -0.39 is 5.97 Å². The number of hydrogen-bond donors (Lipinski definition) is 2. The number of rotatable bonds is 11. The molecule has 0 saturated carbocycles. The second-order valence-corrected chi connectivity index (χ2v) is 11.3. The first-order valence-electron chi connectivity index (χ1n) is 14.7. The van der Waals surface area contributed by atoms with Gasteiger partial charge in [0.05, 0.1) is 6.61 Å². The summed E-state index contributed by atoms with van der Waals surface area (Å²) in [5, 5.41) is 11.8. The Bertz CT molecular complexity index is 1550. The third-order valence-electron chi connectivity index (χ3n) is 7.45. The Balaban J connectivity index is 1.38. The van der Waals surface area contributed by atoms with E-state index in [2.05, 4.69) is 72.6 Å². The van der Waals surface area contributed by atoms with Crippen LogP contribution in [0.1, 0.15) is 59.3 Å². The molecule has 0 spiro atoms. The lowest BCUT2D eigenvalue weighted by Gasteiger charge is -2.28. The molecule has 1 heterocycles. The van der Waals surface area contributed by atoms with Crippen LogP contribution in [0.25, 0.3) is 0 Å². The number of hydrogen-bond acceptors (Lipinski definition) is 4. The maximum absolute atomic E-state index is 13.3. The van der Waals surface area contributed by atoms with Gasteiger partial charge in [-0.05, 0) is 90.3 Å². The molecule has 0 unspecified atom stereocenters. The van der Waals surface area contributed by atoms with Crippen molar-refractivity contribution in [1.82, 2.24) is 0 Å². The van der Waals surface area contributed by atoms with Crippen molar-refractivity contribution in [3.63, 3.8) is 0 Å². The number of amides is 1. The van der Waals surface area contributed by atoms with Crippen molar-refractivity contribution in [2.75, 3.05) is 16.8 Å².